The van der Waals surface area contributed by atoms with Crippen LogP contribution in [0.25, 0.3) is 0 Å². The molecule has 0 saturated heterocycles. The van der Waals surface area contributed by atoms with Crippen molar-refractivity contribution in [2.45, 2.75) is 20.3 Å². The number of pyridine rings is 2. The summed E-state index contributed by atoms with van der Waals surface area (Å²) in [6.45, 7) is 4.89. The molecule has 0 unspecified atom stereocenters. The fourth-order valence-corrected chi connectivity index (χ4v) is 2.79. The van der Waals surface area contributed by atoms with Gasteiger partial charge in [0.2, 0.25) is 0 Å². The van der Waals surface area contributed by atoms with Crippen molar-refractivity contribution >= 4 is 17.3 Å². The van der Waals surface area contributed by atoms with Crippen molar-refractivity contribution in [1.82, 2.24) is 9.97 Å². The number of hydrogen-bond donors (Lipinski definition) is 1. The van der Waals surface area contributed by atoms with Gasteiger partial charge in [0.1, 0.15) is 5.69 Å². The van der Waals surface area contributed by atoms with Crippen molar-refractivity contribution in [2.24, 2.45) is 0 Å². The van der Waals surface area contributed by atoms with Gasteiger partial charge in [-0.2, -0.15) is 0 Å². The Morgan fingerprint density at radius 2 is 1.85 bits per heavy atom. The molecule has 0 aliphatic heterocycles. The first-order chi connectivity index (χ1) is 13.0. The molecular formula is C22H24N4O. The highest BCUT2D eigenvalue weighted by molar-refractivity contribution is 6.03. The molecule has 0 aliphatic carbocycles. The number of nitrogens with one attached hydrogen (secondary N) is 1. The lowest BCUT2D eigenvalue weighted by Crippen LogP contribution is -2.21. The Kier molecular flexibility index (Phi) is 5.81. The zero-order chi connectivity index (χ0) is 19.2. The number of aryl methyl sites for hydroxylation is 1. The molecule has 3 aromatic rings. The second kappa shape index (κ2) is 8.45. The number of nitrogens with zero attached hydrogens (tertiary/aromatic N) is 3. The normalized spacial score (nSPS) is 10.5. The van der Waals surface area contributed by atoms with Gasteiger partial charge in [0.25, 0.3) is 5.91 Å². The number of amides is 1. The fourth-order valence-electron chi connectivity index (χ4n) is 2.79. The van der Waals surface area contributed by atoms with Crippen LogP contribution < -0.4 is 10.2 Å². The number of carbonyl (C=O) groups is 1. The Labute approximate surface area is 160 Å². The Bertz CT molecular complexity index is 907. The number of hydrogen-bond acceptors (Lipinski definition) is 4. The Morgan fingerprint density at radius 3 is 2.56 bits per heavy atom. The standard InChI is InChI=1S/C22H24N4O/c1-16-5-4-6-20(17(16)2)25-22(27)21-8-7-19(15-24-21)26(3)14-11-18-9-12-23-13-10-18/h4-10,12-13,15H,11,14H2,1-3H3,(H,25,27). The first-order valence-corrected chi connectivity index (χ1v) is 8.98. The summed E-state index contributed by atoms with van der Waals surface area (Å²) in [5, 5.41) is 2.94. The lowest BCUT2D eigenvalue weighted by molar-refractivity contribution is 0.102. The van der Waals surface area contributed by atoms with Crippen LogP contribution in [0.15, 0.2) is 61.1 Å². The largest absolute Gasteiger partial charge is 0.373 e. The summed E-state index contributed by atoms with van der Waals surface area (Å²) in [7, 11) is 2.02. The van der Waals surface area contributed by atoms with Gasteiger partial charge in [-0.3, -0.25) is 9.78 Å². The van der Waals surface area contributed by atoms with Crippen LogP contribution in [-0.4, -0.2) is 29.5 Å². The number of carbonyl (C=O) groups excluding carboxylic acids is 1. The van der Waals surface area contributed by atoms with E-state index in [-0.39, 0.29) is 5.91 Å². The van der Waals surface area contributed by atoms with Crippen LogP contribution in [0.5, 0.6) is 0 Å². The Morgan fingerprint density at radius 1 is 1.07 bits per heavy atom. The molecule has 5 heteroatoms. The minimum absolute atomic E-state index is 0.199. The van der Waals surface area contributed by atoms with E-state index < -0.39 is 0 Å². The van der Waals surface area contributed by atoms with Crippen LogP contribution in [-0.2, 0) is 6.42 Å². The fraction of sp³-hybridized carbons (Fsp3) is 0.227. The van der Waals surface area contributed by atoms with E-state index in [2.05, 4.69) is 20.2 Å². The molecule has 3 rings (SSSR count). The van der Waals surface area contributed by atoms with E-state index in [1.165, 1.54) is 5.56 Å². The van der Waals surface area contributed by atoms with E-state index in [0.29, 0.717) is 5.69 Å². The number of aromatic nitrogens is 2. The molecule has 2 aromatic heterocycles. The van der Waals surface area contributed by atoms with Crippen molar-refractivity contribution in [2.75, 3.05) is 23.8 Å². The number of likely N-dealkylation sites (N-methyl/N-ethyl adjacent to an activating group) is 1. The highest BCUT2D eigenvalue weighted by atomic mass is 16.1. The van der Waals surface area contributed by atoms with E-state index in [0.717, 1.165) is 35.5 Å². The van der Waals surface area contributed by atoms with Gasteiger partial charge in [0, 0.05) is 31.7 Å². The first-order valence-electron chi connectivity index (χ1n) is 8.98. The molecule has 0 fully saturated rings. The van der Waals surface area contributed by atoms with Crippen LogP contribution >= 0.6 is 0 Å². The average molecular weight is 360 g/mol. The Balaban J connectivity index is 1.62. The highest BCUT2D eigenvalue weighted by Gasteiger charge is 2.11. The second-order valence-corrected chi connectivity index (χ2v) is 6.63. The van der Waals surface area contributed by atoms with Crippen LogP contribution in [0, 0.1) is 13.8 Å². The number of rotatable bonds is 6. The predicted octanol–water partition coefficient (Wildman–Crippen LogP) is 4.02. The quantitative estimate of drug-likeness (QED) is 0.721. The summed E-state index contributed by atoms with van der Waals surface area (Å²) in [5.74, 6) is -0.199. The smallest absolute Gasteiger partial charge is 0.274 e. The minimum atomic E-state index is -0.199. The minimum Gasteiger partial charge on any atom is -0.373 e. The van der Waals surface area contributed by atoms with Gasteiger partial charge in [-0.1, -0.05) is 12.1 Å². The van der Waals surface area contributed by atoms with Crippen molar-refractivity contribution in [3.63, 3.8) is 0 Å². The van der Waals surface area contributed by atoms with Gasteiger partial charge in [-0.25, -0.2) is 4.98 Å². The third-order valence-corrected chi connectivity index (χ3v) is 4.76. The van der Waals surface area contributed by atoms with Gasteiger partial charge < -0.3 is 10.2 Å². The van der Waals surface area contributed by atoms with Crippen molar-refractivity contribution in [1.29, 1.82) is 0 Å². The molecule has 138 valence electrons. The van der Waals surface area contributed by atoms with Crippen LogP contribution in [0.3, 0.4) is 0 Å². The molecule has 0 radical (unpaired) electrons. The summed E-state index contributed by atoms with van der Waals surface area (Å²) >= 11 is 0. The molecular weight excluding hydrogens is 336 g/mol. The molecule has 1 amide bonds. The van der Waals surface area contributed by atoms with Crippen molar-refractivity contribution in [3.05, 3.63) is 83.4 Å². The summed E-state index contributed by atoms with van der Waals surface area (Å²) in [6.07, 6.45) is 6.28. The average Bonchev–Trinajstić information content (AvgIpc) is 2.70. The van der Waals surface area contributed by atoms with Crippen LogP contribution in [0.1, 0.15) is 27.2 Å². The van der Waals surface area contributed by atoms with Crippen LogP contribution in [0.2, 0.25) is 0 Å². The SMILES string of the molecule is Cc1cccc(NC(=O)c2ccc(N(C)CCc3ccncc3)cn2)c1C. The molecule has 0 aliphatic rings. The number of benzene rings is 1. The van der Waals surface area contributed by atoms with Gasteiger partial charge in [-0.05, 0) is 67.3 Å². The highest BCUT2D eigenvalue weighted by Crippen LogP contribution is 2.19. The van der Waals surface area contributed by atoms with Crippen molar-refractivity contribution < 1.29 is 4.79 Å². The third-order valence-electron chi connectivity index (χ3n) is 4.76. The molecule has 0 spiro atoms. The van der Waals surface area contributed by atoms with Gasteiger partial charge in [0.05, 0.1) is 11.9 Å². The molecule has 0 bridgehead atoms. The zero-order valence-corrected chi connectivity index (χ0v) is 15.9. The third kappa shape index (κ3) is 4.70. The van der Waals surface area contributed by atoms with Gasteiger partial charge >= 0.3 is 0 Å². The Hall–Kier alpha value is -3.21. The van der Waals surface area contributed by atoms with E-state index in [4.69, 9.17) is 0 Å². The predicted molar refractivity (Wildman–Crippen MR) is 109 cm³/mol. The summed E-state index contributed by atoms with van der Waals surface area (Å²) < 4.78 is 0. The molecule has 1 aromatic carbocycles. The molecule has 0 saturated carbocycles. The molecule has 1 N–H and O–H groups in total. The zero-order valence-electron chi connectivity index (χ0n) is 15.9. The summed E-state index contributed by atoms with van der Waals surface area (Å²) in [5.41, 5.74) is 5.66. The first kappa shape index (κ1) is 18.6. The van der Waals surface area contributed by atoms with Crippen LogP contribution in [0.4, 0.5) is 11.4 Å². The maximum atomic E-state index is 12.5. The topological polar surface area (TPSA) is 58.1 Å². The molecule has 5 nitrogen and oxygen atoms in total. The summed E-state index contributed by atoms with van der Waals surface area (Å²) in [4.78, 5) is 23.0. The lowest BCUT2D eigenvalue weighted by atomic mass is 10.1. The maximum absolute atomic E-state index is 12.5. The van der Waals surface area contributed by atoms with Gasteiger partial charge in [-0.15, -0.1) is 0 Å². The van der Waals surface area contributed by atoms with Crippen molar-refractivity contribution in [3.8, 4) is 0 Å². The van der Waals surface area contributed by atoms with E-state index in [1.807, 2.05) is 57.3 Å². The lowest BCUT2D eigenvalue weighted by Gasteiger charge is -2.19. The summed E-state index contributed by atoms with van der Waals surface area (Å²) in [6, 6.07) is 13.6. The second-order valence-electron chi connectivity index (χ2n) is 6.63. The van der Waals surface area contributed by atoms with Gasteiger partial charge in [0.15, 0.2) is 0 Å². The van der Waals surface area contributed by atoms with E-state index in [9.17, 15) is 4.79 Å². The maximum Gasteiger partial charge on any atom is 0.274 e. The van der Waals surface area contributed by atoms with E-state index in [1.54, 1.807) is 24.7 Å². The monoisotopic (exact) mass is 360 g/mol. The molecule has 0 atom stereocenters. The molecule has 27 heavy (non-hydrogen) atoms. The van der Waals surface area contributed by atoms with E-state index >= 15 is 0 Å². The molecule has 2 heterocycles. The number of anilines is 2.